The second kappa shape index (κ2) is 7.09. The van der Waals surface area contributed by atoms with Gasteiger partial charge < -0.3 is 14.7 Å². The zero-order chi connectivity index (χ0) is 18.0. The minimum absolute atomic E-state index is 0.137. The van der Waals surface area contributed by atoms with Crippen molar-refractivity contribution in [1.29, 1.82) is 0 Å². The fourth-order valence-electron chi connectivity index (χ4n) is 3.48. The molecule has 1 N–H and O–H groups in total. The number of hydrogen-bond donors (Lipinski definition) is 1. The summed E-state index contributed by atoms with van der Waals surface area (Å²) in [4.78, 5) is 24.1. The molecule has 1 saturated heterocycles. The third-order valence-corrected chi connectivity index (χ3v) is 4.79. The number of methoxy groups -OCH3 is 1. The van der Waals surface area contributed by atoms with E-state index in [-0.39, 0.29) is 24.1 Å². The van der Waals surface area contributed by atoms with Gasteiger partial charge in [-0.3, -0.25) is 4.79 Å². The summed E-state index contributed by atoms with van der Waals surface area (Å²) in [6, 6.07) is 8.43. The average molecular weight is 345 g/mol. The molecule has 0 spiro atoms. The Balaban J connectivity index is 1.98. The number of amides is 1. The maximum absolute atomic E-state index is 13.8. The SMILES string of the molecule is COC(=O)Cc1cc(C2CCN(C(=O)O)CC2)c2cc(F)ccc2c1. The summed E-state index contributed by atoms with van der Waals surface area (Å²) in [5, 5.41) is 10.8. The van der Waals surface area contributed by atoms with Gasteiger partial charge in [-0.15, -0.1) is 0 Å². The van der Waals surface area contributed by atoms with Crippen LogP contribution in [0, 0.1) is 5.82 Å². The first kappa shape index (κ1) is 17.2. The first-order valence-corrected chi connectivity index (χ1v) is 8.24. The lowest BCUT2D eigenvalue weighted by atomic mass is 9.85. The Morgan fingerprint density at radius 1 is 1.24 bits per heavy atom. The minimum atomic E-state index is -0.909. The van der Waals surface area contributed by atoms with Gasteiger partial charge in [0.1, 0.15) is 5.82 Å². The van der Waals surface area contributed by atoms with E-state index in [1.54, 1.807) is 6.07 Å². The number of carbonyl (C=O) groups excluding carboxylic acids is 1. The highest BCUT2D eigenvalue weighted by atomic mass is 19.1. The molecule has 0 aliphatic carbocycles. The van der Waals surface area contributed by atoms with Crippen molar-refractivity contribution in [3.05, 3.63) is 47.3 Å². The number of hydrogen-bond acceptors (Lipinski definition) is 3. The summed E-state index contributed by atoms with van der Waals surface area (Å²) >= 11 is 0. The monoisotopic (exact) mass is 345 g/mol. The molecule has 2 aromatic rings. The van der Waals surface area contributed by atoms with Crippen LogP contribution in [0.15, 0.2) is 30.3 Å². The maximum atomic E-state index is 13.8. The fourth-order valence-corrected chi connectivity index (χ4v) is 3.48. The van der Waals surface area contributed by atoms with E-state index < -0.39 is 6.09 Å². The number of likely N-dealkylation sites (tertiary alicyclic amines) is 1. The molecule has 5 nitrogen and oxygen atoms in total. The van der Waals surface area contributed by atoms with Gasteiger partial charge in [0.25, 0.3) is 0 Å². The predicted molar refractivity (Wildman–Crippen MR) is 91.2 cm³/mol. The van der Waals surface area contributed by atoms with Crippen molar-refractivity contribution in [2.45, 2.75) is 25.2 Å². The lowest BCUT2D eigenvalue weighted by molar-refractivity contribution is -0.139. The van der Waals surface area contributed by atoms with Crippen molar-refractivity contribution >= 4 is 22.8 Å². The Morgan fingerprint density at radius 3 is 2.60 bits per heavy atom. The van der Waals surface area contributed by atoms with Crippen LogP contribution in [0.2, 0.25) is 0 Å². The second-order valence-corrected chi connectivity index (χ2v) is 6.35. The number of esters is 1. The summed E-state index contributed by atoms with van der Waals surface area (Å²) < 4.78 is 18.5. The summed E-state index contributed by atoms with van der Waals surface area (Å²) in [6.07, 6.45) is 0.609. The van der Waals surface area contributed by atoms with E-state index in [4.69, 9.17) is 9.84 Å². The molecule has 2 aromatic carbocycles. The van der Waals surface area contributed by atoms with Crippen molar-refractivity contribution in [3.8, 4) is 0 Å². The van der Waals surface area contributed by atoms with E-state index in [9.17, 15) is 14.0 Å². The van der Waals surface area contributed by atoms with Crippen molar-refractivity contribution in [3.63, 3.8) is 0 Å². The van der Waals surface area contributed by atoms with Crippen LogP contribution in [0.25, 0.3) is 10.8 Å². The summed E-state index contributed by atoms with van der Waals surface area (Å²) in [6.45, 7) is 0.913. The lowest BCUT2D eigenvalue weighted by Gasteiger charge is -2.31. The average Bonchev–Trinajstić information content (AvgIpc) is 2.61. The maximum Gasteiger partial charge on any atom is 0.407 e. The van der Waals surface area contributed by atoms with Crippen molar-refractivity contribution in [2.75, 3.05) is 20.2 Å². The van der Waals surface area contributed by atoms with Crippen molar-refractivity contribution in [2.24, 2.45) is 0 Å². The van der Waals surface area contributed by atoms with E-state index >= 15 is 0 Å². The summed E-state index contributed by atoms with van der Waals surface area (Å²) in [5.74, 6) is -0.497. The third kappa shape index (κ3) is 3.73. The number of rotatable bonds is 3. The van der Waals surface area contributed by atoms with Crippen LogP contribution in [0.4, 0.5) is 9.18 Å². The highest BCUT2D eigenvalue weighted by Gasteiger charge is 2.25. The minimum Gasteiger partial charge on any atom is -0.469 e. The summed E-state index contributed by atoms with van der Waals surface area (Å²) in [5.41, 5.74) is 1.79. The van der Waals surface area contributed by atoms with Crippen LogP contribution >= 0.6 is 0 Å². The van der Waals surface area contributed by atoms with E-state index in [2.05, 4.69) is 0 Å². The Bertz CT molecular complexity index is 812. The highest BCUT2D eigenvalue weighted by Crippen LogP contribution is 2.34. The van der Waals surface area contributed by atoms with Crippen molar-refractivity contribution in [1.82, 2.24) is 4.90 Å². The molecule has 0 atom stereocenters. The number of fused-ring (bicyclic) bond motifs is 1. The van der Waals surface area contributed by atoms with Gasteiger partial charge in [0.15, 0.2) is 0 Å². The molecule has 1 fully saturated rings. The molecule has 0 unspecified atom stereocenters. The predicted octanol–water partition coefficient (Wildman–Crippen LogP) is 3.55. The van der Waals surface area contributed by atoms with Crippen molar-refractivity contribution < 1.29 is 23.8 Å². The lowest BCUT2D eigenvalue weighted by Crippen LogP contribution is -2.36. The molecule has 1 heterocycles. The quantitative estimate of drug-likeness (QED) is 0.864. The van der Waals surface area contributed by atoms with Gasteiger partial charge in [-0.1, -0.05) is 18.2 Å². The van der Waals surface area contributed by atoms with Gasteiger partial charge >= 0.3 is 12.1 Å². The van der Waals surface area contributed by atoms with Gasteiger partial charge in [0.05, 0.1) is 13.5 Å². The van der Waals surface area contributed by atoms with Gasteiger partial charge in [-0.2, -0.15) is 0 Å². The normalized spacial score (nSPS) is 15.4. The number of nitrogens with zero attached hydrogens (tertiary/aromatic N) is 1. The largest absolute Gasteiger partial charge is 0.469 e. The number of piperidine rings is 1. The zero-order valence-corrected chi connectivity index (χ0v) is 14.0. The Kier molecular flexibility index (Phi) is 4.88. The van der Waals surface area contributed by atoms with Crippen LogP contribution < -0.4 is 0 Å². The fraction of sp³-hybridized carbons (Fsp3) is 0.368. The van der Waals surface area contributed by atoms with Crippen LogP contribution in [-0.2, 0) is 16.0 Å². The number of ether oxygens (including phenoxy) is 1. The number of carbonyl (C=O) groups is 2. The van der Waals surface area contributed by atoms with E-state index in [1.807, 2.05) is 12.1 Å². The topological polar surface area (TPSA) is 66.8 Å². The third-order valence-electron chi connectivity index (χ3n) is 4.79. The smallest absolute Gasteiger partial charge is 0.407 e. The van der Waals surface area contributed by atoms with Gasteiger partial charge in [-0.25, -0.2) is 9.18 Å². The van der Waals surface area contributed by atoms with E-state index in [0.29, 0.717) is 25.9 Å². The first-order valence-electron chi connectivity index (χ1n) is 8.24. The standard InChI is InChI=1S/C19H20FNO4/c1-25-18(22)10-12-8-14-2-3-15(20)11-17(14)16(9-12)13-4-6-21(7-5-13)19(23)24/h2-3,8-9,11,13H,4-7,10H2,1H3,(H,23,24). The summed E-state index contributed by atoms with van der Waals surface area (Å²) in [7, 11) is 1.35. The van der Waals surface area contributed by atoms with Gasteiger partial charge in [0.2, 0.25) is 0 Å². The molecule has 0 aromatic heterocycles. The van der Waals surface area contributed by atoms with Crippen LogP contribution in [-0.4, -0.2) is 42.3 Å². The number of halogens is 1. The first-order chi connectivity index (χ1) is 12.0. The number of benzene rings is 2. The molecule has 1 amide bonds. The molecule has 1 aliphatic rings. The molecule has 1 aliphatic heterocycles. The second-order valence-electron chi connectivity index (χ2n) is 6.35. The molecule has 6 heteroatoms. The molecule has 0 bridgehead atoms. The molecule has 132 valence electrons. The van der Waals surface area contributed by atoms with E-state index in [1.165, 1.54) is 24.1 Å². The molecular formula is C19H20FNO4. The zero-order valence-electron chi connectivity index (χ0n) is 14.0. The Labute approximate surface area is 145 Å². The Morgan fingerprint density at radius 2 is 1.96 bits per heavy atom. The molecule has 0 saturated carbocycles. The van der Waals surface area contributed by atoms with Crippen LogP contribution in [0.1, 0.15) is 29.9 Å². The molecule has 0 radical (unpaired) electrons. The highest BCUT2D eigenvalue weighted by molar-refractivity contribution is 5.88. The Hall–Kier alpha value is -2.63. The van der Waals surface area contributed by atoms with Gasteiger partial charge in [-0.05, 0) is 52.8 Å². The van der Waals surface area contributed by atoms with Crippen LogP contribution in [0.3, 0.4) is 0 Å². The van der Waals surface area contributed by atoms with Gasteiger partial charge in [0, 0.05) is 13.1 Å². The molecular weight excluding hydrogens is 325 g/mol. The molecule has 25 heavy (non-hydrogen) atoms. The molecule has 3 rings (SSSR count). The van der Waals surface area contributed by atoms with E-state index in [0.717, 1.165) is 21.9 Å². The van der Waals surface area contributed by atoms with Crippen LogP contribution in [0.5, 0.6) is 0 Å². The number of carboxylic acid groups (broad SMARTS) is 1.